The first-order chi connectivity index (χ1) is 7.02. The van der Waals surface area contributed by atoms with E-state index >= 15 is 0 Å². The number of aliphatic carboxylic acids is 1. The summed E-state index contributed by atoms with van der Waals surface area (Å²) in [6.07, 6.45) is 0.393. The van der Waals surface area contributed by atoms with Gasteiger partial charge in [0.1, 0.15) is 6.04 Å². The Bertz CT molecular complexity index is 347. The normalized spacial score (nSPS) is 12.8. The van der Waals surface area contributed by atoms with E-state index < -0.39 is 12.0 Å². The van der Waals surface area contributed by atoms with Gasteiger partial charge in [0.15, 0.2) is 0 Å². The highest BCUT2D eigenvalue weighted by Gasteiger charge is 2.14. The van der Waals surface area contributed by atoms with Crippen molar-refractivity contribution in [2.24, 2.45) is 5.73 Å². The topological polar surface area (TPSA) is 63.3 Å². The van der Waals surface area contributed by atoms with Crippen LogP contribution in [-0.4, -0.2) is 17.1 Å². The molecule has 3 heteroatoms. The minimum absolute atomic E-state index is 0.391. The van der Waals surface area contributed by atoms with E-state index in [1.165, 1.54) is 5.56 Å². The fourth-order valence-electron chi connectivity index (χ4n) is 1.61. The molecule has 0 radical (unpaired) electrons. The first-order valence-electron chi connectivity index (χ1n) is 5.08. The maximum absolute atomic E-state index is 10.7. The molecule has 15 heavy (non-hydrogen) atoms. The van der Waals surface area contributed by atoms with E-state index in [-0.39, 0.29) is 0 Å². The first-order valence-corrected chi connectivity index (χ1v) is 5.08. The van der Waals surface area contributed by atoms with Crippen LogP contribution in [-0.2, 0) is 11.2 Å². The molecule has 1 unspecified atom stereocenters. The van der Waals surface area contributed by atoms with Crippen LogP contribution in [0.25, 0.3) is 0 Å². The molecule has 0 aliphatic heterocycles. The summed E-state index contributed by atoms with van der Waals surface area (Å²) < 4.78 is 0. The average molecular weight is 207 g/mol. The highest BCUT2D eigenvalue weighted by Crippen LogP contribution is 2.20. The van der Waals surface area contributed by atoms with E-state index in [2.05, 4.69) is 13.8 Å². The van der Waals surface area contributed by atoms with Gasteiger partial charge in [-0.25, -0.2) is 0 Å². The van der Waals surface area contributed by atoms with E-state index in [0.717, 1.165) is 5.56 Å². The van der Waals surface area contributed by atoms with E-state index in [1.807, 2.05) is 24.3 Å². The molecule has 0 aliphatic carbocycles. The number of nitrogens with two attached hydrogens (primary N) is 1. The van der Waals surface area contributed by atoms with Gasteiger partial charge in [-0.05, 0) is 23.5 Å². The highest BCUT2D eigenvalue weighted by molar-refractivity contribution is 5.73. The summed E-state index contributed by atoms with van der Waals surface area (Å²) in [4.78, 5) is 10.7. The lowest BCUT2D eigenvalue weighted by molar-refractivity contribution is -0.138. The first kappa shape index (κ1) is 11.7. The molecular weight excluding hydrogens is 190 g/mol. The Morgan fingerprint density at radius 3 is 2.53 bits per heavy atom. The second-order valence-corrected chi connectivity index (χ2v) is 4.00. The molecule has 0 amide bonds. The lowest BCUT2D eigenvalue weighted by Crippen LogP contribution is -2.32. The van der Waals surface area contributed by atoms with Crippen LogP contribution < -0.4 is 5.73 Å². The third-order valence-electron chi connectivity index (χ3n) is 2.43. The van der Waals surface area contributed by atoms with Gasteiger partial charge >= 0.3 is 5.97 Å². The molecule has 0 saturated heterocycles. The van der Waals surface area contributed by atoms with Crippen molar-refractivity contribution in [2.75, 3.05) is 0 Å². The molecule has 0 bridgehead atoms. The van der Waals surface area contributed by atoms with Crippen molar-refractivity contribution in [3.05, 3.63) is 35.4 Å². The van der Waals surface area contributed by atoms with Gasteiger partial charge in [-0.3, -0.25) is 4.79 Å². The Morgan fingerprint density at radius 1 is 1.40 bits per heavy atom. The lowest BCUT2D eigenvalue weighted by atomic mass is 9.93. The smallest absolute Gasteiger partial charge is 0.320 e. The highest BCUT2D eigenvalue weighted by atomic mass is 16.4. The Balaban J connectivity index is 2.89. The minimum Gasteiger partial charge on any atom is -0.480 e. The van der Waals surface area contributed by atoms with Crippen LogP contribution in [0.15, 0.2) is 24.3 Å². The summed E-state index contributed by atoms with van der Waals surface area (Å²) in [6, 6.07) is 7.03. The number of carbonyl (C=O) groups is 1. The Labute approximate surface area is 89.9 Å². The predicted molar refractivity (Wildman–Crippen MR) is 59.8 cm³/mol. The monoisotopic (exact) mass is 207 g/mol. The summed E-state index contributed by atoms with van der Waals surface area (Å²) in [7, 11) is 0. The Hall–Kier alpha value is -1.35. The molecule has 0 saturated carbocycles. The second-order valence-electron chi connectivity index (χ2n) is 4.00. The Morgan fingerprint density at radius 2 is 2.00 bits per heavy atom. The van der Waals surface area contributed by atoms with Crippen molar-refractivity contribution >= 4 is 5.97 Å². The van der Waals surface area contributed by atoms with E-state index in [0.29, 0.717) is 12.3 Å². The maximum Gasteiger partial charge on any atom is 0.320 e. The standard InChI is InChI=1S/C12H17NO2/c1-8(2)10-6-4-3-5-9(10)7-11(13)12(14)15/h3-6,8,11H,7,13H2,1-2H3,(H,14,15). The van der Waals surface area contributed by atoms with Crippen LogP contribution in [0.2, 0.25) is 0 Å². The van der Waals surface area contributed by atoms with Crippen LogP contribution in [0, 0.1) is 0 Å². The summed E-state index contributed by atoms with van der Waals surface area (Å²) in [6.45, 7) is 4.18. The van der Waals surface area contributed by atoms with Gasteiger partial charge in [0.05, 0.1) is 0 Å². The van der Waals surface area contributed by atoms with Gasteiger partial charge in [-0.2, -0.15) is 0 Å². The molecule has 1 rings (SSSR count). The van der Waals surface area contributed by atoms with Crippen molar-refractivity contribution in [1.29, 1.82) is 0 Å². The van der Waals surface area contributed by atoms with Crippen LogP contribution in [0.5, 0.6) is 0 Å². The number of rotatable bonds is 4. The fourth-order valence-corrected chi connectivity index (χ4v) is 1.61. The van der Waals surface area contributed by atoms with Crippen molar-refractivity contribution in [1.82, 2.24) is 0 Å². The SMILES string of the molecule is CC(C)c1ccccc1CC(N)C(=O)O. The van der Waals surface area contributed by atoms with Gasteiger partial charge in [0.2, 0.25) is 0 Å². The molecule has 3 N–H and O–H groups in total. The maximum atomic E-state index is 10.7. The van der Waals surface area contributed by atoms with Crippen LogP contribution in [0.4, 0.5) is 0 Å². The lowest BCUT2D eigenvalue weighted by Gasteiger charge is -2.14. The molecule has 82 valence electrons. The van der Waals surface area contributed by atoms with E-state index in [4.69, 9.17) is 10.8 Å². The van der Waals surface area contributed by atoms with Crippen molar-refractivity contribution in [2.45, 2.75) is 32.2 Å². The van der Waals surface area contributed by atoms with Crippen LogP contribution in [0.3, 0.4) is 0 Å². The van der Waals surface area contributed by atoms with E-state index in [1.54, 1.807) is 0 Å². The summed E-state index contributed by atoms with van der Waals surface area (Å²) in [5.74, 6) is -0.559. The fraction of sp³-hybridized carbons (Fsp3) is 0.417. The predicted octanol–water partition coefficient (Wildman–Crippen LogP) is 1.76. The third-order valence-corrected chi connectivity index (χ3v) is 2.43. The number of benzene rings is 1. The molecule has 0 aromatic heterocycles. The second kappa shape index (κ2) is 4.94. The molecule has 1 aromatic rings. The molecule has 3 nitrogen and oxygen atoms in total. The summed E-state index contributed by atoms with van der Waals surface area (Å²) in [5.41, 5.74) is 7.72. The van der Waals surface area contributed by atoms with Crippen molar-refractivity contribution in [3.8, 4) is 0 Å². The van der Waals surface area contributed by atoms with E-state index in [9.17, 15) is 4.79 Å². The van der Waals surface area contributed by atoms with Gasteiger partial charge in [0.25, 0.3) is 0 Å². The van der Waals surface area contributed by atoms with Gasteiger partial charge in [0, 0.05) is 0 Å². The van der Waals surface area contributed by atoms with Gasteiger partial charge < -0.3 is 10.8 Å². The largest absolute Gasteiger partial charge is 0.480 e. The molecule has 0 heterocycles. The van der Waals surface area contributed by atoms with Crippen molar-refractivity contribution in [3.63, 3.8) is 0 Å². The quantitative estimate of drug-likeness (QED) is 0.790. The number of hydrogen-bond acceptors (Lipinski definition) is 2. The Kier molecular flexibility index (Phi) is 3.86. The molecule has 1 atom stereocenters. The molecular formula is C12H17NO2. The van der Waals surface area contributed by atoms with Crippen molar-refractivity contribution < 1.29 is 9.90 Å². The molecule has 0 fully saturated rings. The molecule has 0 aliphatic rings. The number of hydrogen-bond donors (Lipinski definition) is 2. The van der Waals surface area contributed by atoms with Crippen LogP contribution in [0.1, 0.15) is 30.9 Å². The number of carboxylic acids is 1. The third kappa shape index (κ3) is 3.06. The minimum atomic E-state index is -0.950. The number of carboxylic acid groups (broad SMARTS) is 1. The van der Waals surface area contributed by atoms with Crippen LogP contribution >= 0.6 is 0 Å². The zero-order chi connectivity index (χ0) is 11.4. The zero-order valence-electron chi connectivity index (χ0n) is 9.10. The molecule has 0 spiro atoms. The average Bonchev–Trinajstić information content (AvgIpc) is 2.18. The van der Waals surface area contributed by atoms with Gasteiger partial charge in [-0.15, -0.1) is 0 Å². The summed E-state index contributed by atoms with van der Waals surface area (Å²) >= 11 is 0. The molecule has 1 aromatic carbocycles. The summed E-state index contributed by atoms with van der Waals surface area (Å²) in [5, 5.41) is 8.75. The van der Waals surface area contributed by atoms with Gasteiger partial charge in [-0.1, -0.05) is 38.1 Å². The zero-order valence-corrected chi connectivity index (χ0v) is 9.10.